The van der Waals surface area contributed by atoms with Gasteiger partial charge in [-0.1, -0.05) is 11.6 Å². The molecule has 0 amide bonds. The lowest BCUT2D eigenvalue weighted by Gasteiger charge is -2.40. The Bertz CT molecular complexity index is 1570. The molecular formula is C30H32ClFN6O. The van der Waals surface area contributed by atoms with Gasteiger partial charge >= 0.3 is 0 Å². The van der Waals surface area contributed by atoms with E-state index in [0.29, 0.717) is 35.6 Å². The second-order valence-electron chi connectivity index (χ2n) is 10.9. The van der Waals surface area contributed by atoms with Crippen molar-refractivity contribution in [2.24, 2.45) is 0 Å². The molecule has 1 aliphatic carbocycles. The zero-order chi connectivity index (χ0) is 27.1. The number of hydrogen-bond donors (Lipinski definition) is 0. The number of hydrogen-bond acceptors (Lipinski definition) is 6. The van der Waals surface area contributed by atoms with Crippen LogP contribution in [0, 0.1) is 19.7 Å². The fraction of sp³-hybridized carbons (Fsp3) is 0.400. The molecule has 1 saturated heterocycles. The van der Waals surface area contributed by atoms with Crippen molar-refractivity contribution in [3.05, 3.63) is 92.6 Å². The molecule has 1 aromatic carbocycles. The SMILES string of the molecule is Cc1cnc(N2CCC[C@H](N(Cc3ccnc(C)c3)Cc3cn(C4CC4)c4cc(Cl)c(F)cc4c3=O)C2)cn1. The van der Waals surface area contributed by atoms with Crippen molar-refractivity contribution in [2.45, 2.75) is 64.7 Å². The Morgan fingerprint density at radius 2 is 1.90 bits per heavy atom. The summed E-state index contributed by atoms with van der Waals surface area (Å²) in [5.41, 5.74) is 4.25. The number of nitrogens with zero attached hydrogens (tertiary/aromatic N) is 6. The molecule has 0 spiro atoms. The average Bonchev–Trinajstić information content (AvgIpc) is 3.77. The number of piperidine rings is 1. The number of rotatable bonds is 7. The normalized spacial score (nSPS) is 17.8. The maximum Gasteiger partial charge on any atom is 0.193 e. The Labute approximate surface area is 232 Å². The fourth-order valence-corrected chi connectivity index (χ4v) is 5.81. The van der Waals surface area contributed by atoms with Crippen LogP contribution in [0.15, 0.2) is 53.8 Å². The second kappa shape index (κ2) is 10.7. The quantitative estimate of drug-likeness (QED) is 0.300. The lowest BCUT2D eigenvalue weighted by Crippen LogP contribution is -2.48. The summed E-state index contributed by atoms with van der Waals surface area (Å²) in [6.45, 7) is 6.77. The molecule has 9 heteroatoms. The highest BCUT2D eigenvalue weighted by Crippen LogP contribution is 2.38. The number of aromatic nitrogens is 4. The first-order chi connectivity index (χ1) is 18.9. The fourth-order valence-electron chi connectivity index (χ4n) is 5.65. The van der Waals surface area contributed by atoms with E-state index in [-0.39, 0.29) is 16.5 Å². The van der Waals surface area contributed by atoms with Crippen molar-refractivity contribution >= 4 is 28.3 Å². The summed E-state index contributed by atoms with van der Waals surface area (Å²) in [5.74, 6) is 0.311. The van der Waals surface area contributed by atoms with Crippen LogP contribution >= 0.6 is 11.6 Å². The van der Waals surface area contributed by atoms with Crippen LogP contribution in [0.5, 0.6) is 0 Å². The molecule has 4 heterocycles. The van der Waals surface area contributed by atoms with Gasteiger partial charge in [0.1, 0.15) is 11.6 Å². The molecule has 0 bridgehead atoms. The van der Waals surface area contributed by atoms with E-state index in [1.807, 2.05) is 38.5 Å². The van der Waals surface area contributed by atoms with Crippen molar-refractivity contribution in [1.29, 1.82) is 0 Å². The van der Waals surface area contributed by atoms with Gasteiger partial charge in [-0.05, 0) is 69.4 Å². The van der Waals surface area contributed by atoms with Gasteiger partial charge in [0.05, 0.1) is 28.6 Å². The van der Waals surface area contributed by atoms with Gasteiger partial charge in [-0.25, -0.2) is 9.37 Å². The third kappa shape index (κ3) is 5.54. The van der Waals surface area contributed by atoms with E-state index in [1.54, 1.807) is 12.3 Å². The second-order valence-corrected chi connectivity index (χ2v) is 11.3. The van der Waals surface area contributed by atoms with Crippen molar-refractivity contribution in [2.75, 3.05) is 18.0 Å². The van der Waals surface area contributed by atoms with E-state index >= 15 is 0 Å². The predicted octanol–water partition coefficient (Wildman–Crippen LogP) is 5.60. The summed E-state index contributed by atoms with van der Waals surface area (Å²) in [6, 6.07) is 7.54. The zero-order valence-corrected chi connectivity index (χ0v) is 23.0. The standard InChI is InChI=1S/C30H32ClFN6O/c1-19-10-21(7-8-33-19)15-37(24-4-3-9-36(18-24)29-14-34-20(2)13-35-29)16-22-17-38(23-5-6-23)28-12-26(31)27(32)11-25(28)30(22)39/h7-8,10-14,17,23-24H,3-6,9,15-16,18H2,1-2H3/t24-/m0/s1. The molecule has 0 N–H and O–H groups in total. The number of benzene rings is 1. The molecule has 6 rings (SSSR count). The van der Waals surface area contributed by atoms with E-state index < -0.39 is 5.82 Å². The molecule has 0 unspecified atom stereocenters. The minimum atomic E-state index is -0.563. The summed E-state index contributed by atoms with van der Waals surface area (Å²) in [7, 11) is 0. The first-order valence-electron chi connectivity index (χ1n) is 13.6. The lowest BCUT2D eigenvalue weighted by molar-refractivity contribution is 0.158. The van der Waals surface area contributed by atoms with Gasteiger partial charge in [0.25, 0.3) is 0 Å². The smallest absolute Gasteiger partial charge is 0.193 e. The minimum absolute atomic E-state index is 0.0419. The summed E-state index contributed by atoms with van der Waals surface area (Å²) in [6.07, 6.45) is 11.6. The maximum absolute atomic E-state index is 14.5. The zero-order valence-electron chi connectivity index (χ0n) is 22.3. The molecule has 39 heavy (non-hydrogen) atoms. The largest absolute Gasteiger partial charge is 0.354 e. The highest BCUT2D eigenvalue weighted by molar-refractivity contribution is 6.31. The van der Waals surface area contributed by atoms with Crippen LogP contribution in [-0.4, -0.2) is 43.6 Å². The molecule has 4 aromatic rings. The summed E-state index contributed by atoms with van der Waals surface area (Å²) in [5, 5.41) is 0.432. The van der Waals surface area contributed by atoms with Crippen LogP contribution in [0.3, 0.4) is 0 Å². The molecule has 2 aliphatic rings. The van der Waals surface area contributed by atoms with Gasteiger partial charge in [0, 0.05) is 67.3 Å². The highest BCUT2D eigenvalue weighted by atomic mass is 35.5. The molecule has 2 fully saturated rings. The number of pyridine rings is 2. The monoisotopic (exact) mass is 546 g/mol. The molecule has 0 radical (unpaired) electrons. The number of anilines is 1. The number of aryl methyl sites for hydroxylation is 2. The average molecular weight is 547 g/mol. The number of halogens is 2. The molecule has 202 valence electrons. The Morgan fingerprint density at radius 3 is 2.64 bits per heavy atom. The van der Waals surface area contributed by atoms with E-state index in [2.05, 4.69) is 35.4 Å². The van der Waals surface area contributed by atoms with Gasteiger partial charge in [-0.2, -0.15) is 0 Å². The van der Waals surface area contributed by atoms with Gasteiger partial charge in [-0.3, -0.25) is 19.7 Å². The first kappa shape index (κ1) is 25.9. The van der Waals surface area contributed by atoms with Crippen molar-refractivity contribution in [3.8, 4) is 0 Å². The Morgan fingerprint density at radius 1 is 1.05 bits per heavy atom. The summed E-state index contributed by atoms with van der Waals surface area (Å²) >= 11 is 6.12. The van der Waals surface area contributed by atoms with Crippen molar-refractivity contribution in [1.82, 2.24) is 24.4 Å². The lowest BCUT2D eigenvalue weighted by atomic mass is 10.0. The number of fused-ring (bicyclic) bond motifs is 1. The molecule has 1 saturated carbocycles. The van der Waals surface area contributed by atoms with Gasteiger partial charge in [0.2, 0.25) is 0 Å². The minimum Gasteiger partial charge on any atom is -0.354 e. The van der Waals surface area contributed by atoms with Crippen molar-refractivity contribution < 1.29 is 4.39 Å². The predicted molar refractivity (Wildman–Crippen MR) is 152 cm³/mol. The Balaban J connectivity index is 1.37. The molecule has 1 aliphatic heterocycles. The maximum atomic E-state index is 14.5. The molecule has 1 atom stereocenters. The van der Waals surface area contributed by atoms with Crippen LogP contribution in [0.1, 0.15) is 54.2 Å². The third-order valence-corrected chi connectivity index (χ3v) is 8.10. The Kier molecular flexibility index (Phi) is 7.08. The van der Waals surface area contributed by atoms with Crippen LogP contribution in [0.4, 0.5) is 10.2 Å². The van der Waals surface area contributed by atoms with Gasteiger partial charge in [-0.15, -0.1) is 0 Å². The van der Waals surface area contributed by atoms with Gasteiger partial charge in [0.15, 0.2) is 5.43 Å². The van der Waals surface area contributed by atoms with Crippen molar-refractivity contribution in [3.63, 3.8) is 0 Å². The topological polar surface area (TPSA) is 67.2 Å². The van der Waals surface area contributed by atoms with E-state index in [0.717, 1.165) is 61.5 Å². The highest BCUT2D eigenvalue weighted by Gasteiger charge is 2.30. The van der Waals surface area contributed by atoms with Crippen LogP contribution in [-0.2, 0) is 13.1 Å². The van der Waals surface area contributed by atoms with Crippen LogP contribution in [0.25, 0.3) is 10.9 Å². The Hall–Kier alpha value is -3.36. The third-order valence-electron chi connectivity index (χ3n) is 7.81. The van der Waals surface area contributed by atoms with Gasteiger partial charge < -0.3 is 9.47 Å². The first-order valence-corrected chi connectivity index (χ1v) is 14.0. The molecular weight excluding hydrogens is 515 g/mol. The summed E-state index contributed by atoms with van der Waals surface area (Å²) < 4.78 is 16.6. The van der Waals surface area contributed by atoms with Crippen LogP contribution < -0.4 is 10.3 Å². The molecule has 7 nitrogen and oxygen atoms in total. The molecule has 3 aromatic heterocycles. The van der Waals surface area contributed by atoms with Crippen LogP contribution in [0.2, 0.25) is 5.02 Å². The van der Waals surface area contributed by atoms with E-state index in [4.69, 9.17) is 11.6 Å². The van der Waals surface area contributed by atoms with E-state index in [1.165, 1.54) is 6.07 Å². The van der Waals surface area contributed by atoms with E-state index in [9.17, 15) is 9.18 Å². The summed E-state index contributed by atoms with van der Waals surface area (Å²) in [4.78, 5) is 31.8.